The van der Waals surface area contributed by atoms with Gasteiger partial charge in [-0.2, -0.15) is 0 Å². The average Bonchev–Trinajstić information content (AvgIpc) is 2.89. The first kappa shape index (κ1) is 12.3. The van der Waals surface area contributed by atoms with Gasteiger partial charge in [0.25, 0.3) is 5.91 Å². The number of carbonyl (C=O) groups excluding carboxylic acids is 1. The molecule has 1 N–H and O–H groups in total. The number of amides is 1. The van der Waals surface area contributed by atoms with E-state index in [9.17, 15) is 4.79 Å². The third kappa shape index (κ3) is 2.35. The van der Waals surface area contributed by atoms with Crippen LogP contribution >= 0.6 is 0 Å². The van der Waals surface area contributed by atoms with Gasteiger partial charge in [0.2, 0.25) is 0 Å². The topological polar surface area (TPSA) is 74.8 Å². The molecule has 0 aliphatic rings. The van der Waals surface area contributed by atoms with E-state index in [2.05, 4.69) is 19.9 Å². The molecule has 2 aromatic heterocycles. The number of nitrogens with zero attached hydrogens (tertiary/aromatic N) is 4. The van der Waals surface area contributed by atoms with Crippen molar-refractivity contribution in [3.63, 3.8) is 0 Å². The van der Waals surface area contributed by atoms with Gasteiger partial charge in [-0.1, -0.05) is 12.1 Å². The maximum Gasteiger partial charge on any atom is 0.257 e. The van der Waals surface area contributed by atoms with Gasteiger partial charge < -0.3 is 9.88 Å². The standard InChI is InChI=1S/C14H13N5O/c1-19(14(20)10-6-15-9-16-7-10)8-13-17-11-4-2-3-5-12(11)18-13/h2-7,9H,8H2,1H3,(H,17,18). The minimum absolute atomic E-state index is 0.133. The Morgan fingerprint density at radius 3 is 2.75 bits per heavy atom. The van der Waals surface area contributed by atoms with Gasteiger partial charge in [-0.05, 0) is 12.1 Å². The highest BCUT2D eigenvalue weighted by molar-refractivity contribution is 5.93. The lowest BCUT2D eigenvalue weighted by atomic mass is 10.3. The monoisotopic (exact) mass is 267 g/mol. The molecule has 0 aliphatic carbocycles. The Kier molecular flexibility index (Phi) is 3.12. The second-order valence-corrected chi connectivity index (χ2v) is 4.49. The Labute approximate surface area is 115 Å². The highest BCUT2D eigenvalue weighted by Gasteiger charge is 2.14. The summed E-state index contributed by atoms with van der Waals surface area (Å²) < 4.78 is 0. The van der Waals surface area contributed by atoms with Crippen LogP contribution in [0.25, 0.3) is 11.0 Å². The molecular weight excluding hydrogens is 254 g/mol. The zero-order chi connectivity index (χ0) is 13.9. The molecule has 0 saturated heterocycles. The largest absolute Gasteiger partial charge is 0.340 e. The van der Waals surface area contributed by atoms with Crippen molar-refractivity contribution in [3.05, 3.63) is 54.4 Å². The third-order valence-corrected chi connectivity index (χ3v) is 2.98. The molecule has 0 saturated carbocycles. The van der Waals surface area contributed by atoms with Crippen LogP contribution in [0.1, 0.15) is 16.2 Å². The van der Waals surface area contributed by atoms with E-state index in [0.717, 1.165) is 16.9 Å². The van der Waals surface area contributed by atoms with E-state index in [0.29, 0.717) is 12.1 Å². The minimum atomic E-state index is -0.133. The van der Waals surface area contributed by atoms with E-state index in [1.807, 2.05) is 24.3 Å². The fourth-order valence-corrected chi connectivity index (χ4v) is 2.01. The van der Waals surface area contributed by atoms with Crippen LogP contribution in [0.5, 0.6) is 0 Å². The lowest BCUT2D eigenvalue weighted by Crippen LogP contribution is -2.26. The van der Waals surface area contributed by atoms with Crippen molar-refractivity contribution in [3.8, 4) is 0 Å². The van der Waals surface area contributed by atoms with Crippen molar-refractivity contribution in [1.29, 1.82) is 0 Å². The van der Waals surface area contributed by atoms with Gasteiger partial charge in [-0.25, -0.2) is 15.0 Å². The molecule has 3 aromatic rings. The highest BCUT2D eigenvalue weighted by Crippen LogP contribution is 2.12. The summed E-state index contributed by atoms with van der Waals surface area (Å²) in [7, 11) is 1.72. The summed E-state index contributed by atoms with van der Waals surface area (Å²) in [5.74, 6) is 0.616. The summed E-state index contributed by atoms with van der Waals surface area (Å²) in [6.45, 7) is 0.405. The fourth-order valence-electron chi connectivity index (χ4n) is 2.01. The van der Waals surface area contributed by atoms with Gasteiger partial charge in [-0.3, -0.25) is 4.79 Å². The number of H-pyrrole nitrogens is 1. The molecule has 1 aromatic carbocycles. The number of nitrogens with one attached hydrogen (secondary N) is 1. The first-order valence-electron chi connectivity index (χ1n) is 6.18. The Bertz CT molecular complexity index is 704. The van der Waals surface area contributed by atoms with E-state index in [1.54, 1.807) is 11.9 Å². The lowest BCUT2D eigenvalue weighted by molar-refractivity contribution is 0.0781. The second-order valence-electron chi connectivity index (χ2n) is 4.49. The molecule has 3 rings (SSSR count). The Hall–Kier alpha value is -2.76. The van der Waals surface area contributed by atoms with Crippen LogP contribution in [0.4, 0.5) is 0 Å². The number of rotatable bonds is 3. The molecule has 0 bridgehead atoms. The molecule has 0 spiro atoms. The maximum absolute atomic E-state index is 12.2. The number of hydrogen-bond acceptors (Lipinski definition) is 4. The van der Waals surface area contributed by atoms with Crippen molar-refractivity contribution >= 4 is 16.9 Å². The zero-order valence-electron chi connectivity index (χ0n) is 10.9. The first-order chi connectivity index (χ1) is 9.74. The van der Waals surface area contributed by atoms with Gasteiger partial charge in [-0.15, -0.1) is 0 Å². The zero-order valence-corrected chi connectivity index (χ0v) is 10.9. The number of para-hydroxylation sites is 2. The Morgan fingerprint density at radius 2 is 2.00 bits per heavy atom. The SMILES string of the molecule is CN(Cc1nc2ccccc2[nH]1)C(=O)c1cncnc1. The van der Waals surface area contributed by atoms with Crippen LogP contribution in [0.2, 0.25) is 0 Å². The van der Waals surface area contributed by atoms with Crippen LogP contribution in [-0.4, -0.2) is 37.8 Å². The summed E-state index contributed by atoms with van der Waals surface area (Å²) in [5, 5.41) is 0. The molecule has 6 heteroatoms. The molecule has 2 heterocycles. The van der Waals surface area contributed by atoms with Gasteiger partial charge in [0, 0.05) is 19.4 Å². The number of carbonyl (C=O) groups is 1. The van der Waals surface area contributed by atoms with Gasteiger partial charge in [0.05, 0.1) is 23.1 Å². The molecular formula is C14H13N5O. The number of aromatic nitrogens is 4. The number of benzene rings is 1. The summed E-state index contributed by atoms with van der Waals surface area (Å²) in [6.07, 6.45) is 4.41. The van der Waals surface area contributed by atoms with Crippen molar-refractivity contribution in [2.75, 3.05) is 7.05 Å². The molecule has 0 fully saturated rings. The quantitative estimate of drug-likeness (QED) is 0.782. The van der Waals surface area contributed by atoms with Gasteiger partial charge in [0.15, 0.2) is 0 Å². The van der Waals surface area contributed by atoms with Gasteiger partial charge in [0.1, 0.15) is 12.2 Å². The van der Waals surface area contributed by atoms with Crippen LogP contribution < -0.4 is 0 Å². The van der Waals surface area contributed by atoms with Crippen molar-refractivity contribution in [2.24, 2.45) is 0 Å². The van der Waals surface area contributed by atoms with E-state index in [-0.39, 0.29) is 5.91 Å². The van der Waals surface area contributed by atoms with Crippen LogP contribution in [-0.2, 0) is 6.54 Å². The van der Waals surface area contributed by atoms with Crippen LogP contribution in [0.3, 0.4) is 0 Å². The molecule has 0 unspecified atom stereocenters. The van der Waals surface area contributed by atoms with E-state index in [1.165, 1.54) is 18.7 Å². The third-order valence-electron chi connectivity index (χ3n) is 2.98. The Morgan fingerprint density at radius 1 is 1.25 bits per heavy atom. The van der Waals surface area contributed by atoms with E-state index < -0.39 is 0 Å². The molecule has 100 valence electrons. The predicted octanol–water partition coefficient (Wildman–Crippen LogP) is 1.63. The number of aromatic amines is 1. The van der Waals surface area contributed by atoms with Gasteiger partial charge >= 0.3 is 0 Å². The lowest BCUT2D eigenvalue weighted by Gasteiger charge is -2.15. The normalized spacial score (nSPS) is 10.7. The van der Waals surface area contributed by atoms with Crippen molar-refractivity contribution in [1.82, 2.24) is 24.8 Å². The average molecular weight is 267 g/mol. The van der Waals surface area contributed by atoms with Crippen molar-refractivity contribution < 1.29 is 4.79 Å². The summed E-state index contributed by atoms with van der Waals surface area (Å²) in [4.78, 5) is 29.1. The molecule has 20 heavy (non-hydrogen) atoms. The molecule has 0 aliphatic heterocycles. The number of fused-ring (bicyclic) bond motifs is 1. The summed E-state index contributed by atoms with van der Waals surface area (Å²) in [5.41, 5.74) is 2.32. The van der Waals surface area contributed by atoms with Crippen LogP contribution in [0.15, 0.2) is 43.0 Å². The van der Waals surface area contributed by atoms with E-state index >= 15 is 0 Å². The first-order valence-corrected chi connectivity index (χ1v) is 6.18. The number of imidazole rings is 1. The predicted molar refractivity (Wildman–Crippen MR) is 73.9 cm³/mol. The molecule has 1 amide bonds. The second kappa shape index (κ2) is 5.08. The molecule has 6 nitrogen and oxygen atoms in total. The Balaban J connectivity index is 1.78. The van der Waals surface area contributed by atoms with Crippen LogP contribution in [0, 0.1) is 0 Å². The maximum atomic E-state index is 12.2. The molecule has 0 radical (unpaired) electrons. The van der Waals surface area contributed by atoms with Crippen molar-refractivity contribution in [2.45, 2.75) is 6.54 Å². The molecule has 0 atom stereocenters. The highest BCUT2D eigenvalue weighted by atomic mass is 16.2. The van der Waals surface area contributed by atoms with E-state index in [4.69, 9.17) is 0 Å². The summed E-state index contributed by atoms with van der Waals surface area (Å²) in [6, 6.07) is 7.77. The number of hydrogen-bond donors (Lipinski definition) is 1. The minimum Gasteiger partial charge on any atom is -0.340 e. The fraction of sp³-hybridized carbons (Fsp3) is 0.143. The smallest absolute Gasteiger partial charge is 0.257 e. The summed E-state index contributed by atoms with van der Waals surface area (Å²) >= 11 is 0.